The van der Waals surface area contributed by atoms with Gasteiger partial charge in [0, 0.05) is 19.3 Å². The fourth-order valence-corrected chi connectivity index (χ4v) is 5.13. The Labute approximate surface area is 353 Å². The summed E-state index contributed by atoms with van der Waals surface area (Å²) in [7, 11) is 0. The second-order valence-electron chi connectivity index (χ2n) is 14.0. The van der Waals surface area contributed by atoms with Crippen LogP contribution >= 0.6 is 0 Å². The van der Waals surface area contributed by atoms with Gasteiger partial charge in [-0.1, -0.05) is 12.1 Å². The lowest BCUT2D eigenvalue weighted by Gasteiger charge is -2.40. The standard InChI is InChI=1S/C30H14F39/c31-13(32,16(37,38)19(43,44)22(49,50)25(55,56)28(61,62)63)7-4-10-2-1-3-11(5-8-14(33,34)17(39,40)20(45,46)23(51,52)26(57,58)29(64,65)66)12(10)6-9-15(35,36)18(41,42)21(47,48)24(53,54)27(59,60)30(67,68)69/h1-2H,4-9H2. The maximum atomic E-state index is 14.6. The summed E-state index contributed by atoms with van der Waals surface area (Å²) < 4.78 is 529. The first-order valence-electron chi connectivity index (χ1n) is 16.4. The molecule has 0 atom stereocenters. The highest BCUT2D eigenvalue weighted by molar-refractivity contribution is 5.36. The molecule has 0 aliphatic rings. The summed E-state index contributed by atoms with van der Waals surface area (Å²) in [4.78, 5) is 0. The molecule has 0 unspecified atom stereocenters. The van der Waals surface area contributed by atoms with E-state index in [2.05, 4.69) is 0 Å². The SMILES string of the molecule is FC(F)(F)C(F)(F)C(F)(F)C(F)(F)C(F)(F)C(F)(F)CCc1[c]ccc(CCC(F)(F)C(F)(F)C(F)(F)C(F)(F)C(F)(F)C(F)(F)F)c1CCC(F)(F)C(F)(F)C(F)(F)C(F)(F)C(F)(F)C(F)(F)F. The van der Waals surface area contributed by atoms with E-state index in [4.69, 9.17) is 0 Å². The highest BCUT2D eigenvalue weighted by Gasteiger charge is 2.93. The molecule has 1 aromatic carbocycles. The van der Waals surface area contributed by atoms with Crippen LogP contribution in [0.5, 0.6) is 0 Å². The summed E-state index contributed by atoms with van der Waals surface area (Å²) in [6.45, 7) is 0. The third-order valence-electron chi connectivity index (χ3n) is 9.38. The van der Waals surface area contributed by atoms with Gasteiger partial charge in [0.2, 0.25) is 0 Å². The Balaban J connectivity index is 4.11. The van der Waals surface area contributed by atoms with Crippen molar-refractivity contribution in [2.75, 3.05) is 0 Å². The smallest absolute Gasteiger partial charge is 0.200 e. The van der Waals surface area contributed by atoms with Crippen LogP contribution in [0.3, 0.4) is 0 Å². The molecule has 1 radical (unpaired) electrons. The molecule has 407 valence electrons. The van der Waals surface area contributed by atoms with Gasteiger partial charge < -0.3 is 0 Å². The molecule has 0 aromatic heterocycles. The van der Waals surface area contributed by atoms with Crippen LogP contribution in [-0.2, 0) is 19.3 Å². The summed E-state index contributed by atoms with van der Waals surface area (Å²) in [6.07, 6.45) is -43.7. The van der Waals surface area contributed by atoms with Gasteiger partial charge in [0.25, 0.3) is 0 Å². The zero-order valence-electron chi connectivity index (χ0n) is 31.1. The second-order valence-corrected chi connectivity index (χ2v) is 14.0. The molecule has 1 rings (SSSR count). The van der Waals surface area contributed by atoms with Crippen molar-refractivity contribution in [3.8, 4) is 0 Å². The first kappa shape index (κ1) is 63.5. The van der Waals surface area contributed by atoms with Crippen LogP contribution in [0.1, 0.15) is 36.0 Å². The maximum absolute atomic E-state index is 14.6. The first-order valence-corrected chi connectivity index (χ1v) is 16.4. The Morgan fingerprint density at radius 1 is 0.261 bits per heavy atom. The van der Waals surface area contributed by atoms with E-state index in [1.807, 2.05) is 0 Å². The lowest BCUT2D eigenvalue weighted by Crippen LogP contribution is -2.70. The molecule has 0 heterocycles. The normalized spacial score (nSPS) is 16.4. The van der Waals surface area contributed by atoms with E-state index in [0.29, 0.717) is 0 Å². The Kier molecular flexibility index (Phi) is 15.9. The molecular formula is C30H14F39. The van der Waals surface area contributed by atoms with E-state index < -0.39 is 163 Å². The van der Waals surface area contributed by atoms with Gasteiger partial charge in [0.1, 0.15) is 0 Å². The topological polar surface area (TPSA) is 0 Å². The van der Waals surface area contributed by atoms with Crippen LogP contribution in [0.4, 0.5) is 171 Å². The fourth-order valence-electron chi connectivity index (χ4n) is 5.13. The van der Waals surface area contributed by atoms with Gasteiger partial charge >= 0.3 is 107 Å². The van der Waals surface area contributed by atoms with E-state index in [1.54, 1.807) is 0 Å². The van der Waals surface area contributed by atoms with Gasteiger partial charge in [-0.05, 0) is 42.0 Å². The Morgan fingerprint density at radius 3 is 0.725 bits per heavy atom. The highest BCUT2D eigenvalue weighted by Crippen LogP contribution is 2.64. The van der Waals surface area contributed by atoms with E-state index in [1.165, 1.54) is 0 Å². The third-order valence-corrected chi connectivity index (χ3v) is 9.38. The van der Waals surface area contributed by atoms with Crippen molar-refractivity contribution in [3.63, 3.8) is 0 Å². The number of benzene rings is 1. The van der Waals surface area contributed by atoms with Crippen LogP contribution in [0.2, 0.25) is 0 Å². The van der Waals surface area contributed by atoms with Gasteiger partial charge in [-0.15, -0.1) is 0 Å². The minimum atomic E-state index is -8.72. The Morgan fingerprint density at radius 2 is 0.478 bits per heavy atom. The molecule has 0 saturated carbocycles. The van der Waals surface area contributed by atoms with Crippen LogP contribution in [0.15, 0.2) is 12.1 Å². The summed E-state index contributed by atoms with van der Waals surface area (Å²) in [6, 6.07) is 0.466. The van der Waals surface area contributed by atoms with E-state index in [-0.39, 0.29) is 12.1 Å². The second kappa shape index (κ2) is 17.3. The van der Waals surface area contributed by atoms with Crippen molar-refractivity contribution in [1.29, 1.82) is 0 Å². The highest BCUT2D eigenvalue weighted by atomic mass is 19.5. The summed E-state index contributed by atoms with van der Waals surface area (Å²) >= 11 is 0. The Hall–Kier alpha value is -3.51. The van der Waals surface area contributed by atoms with E-state index in [9.17, 15) is 171 Å². The molecule has 0 spiro atoms. The first-order chi connectivity index (χ1) is 29.5. The minimum Gasteiger partial charge on any atom is -0.200 e. The predicted molar refractivity (Wildman–Crippen MR) is 143 cm³/mol. The number of alkyl halides is 39. The van der Waals surface area contributed by atoms with Crippen molar-refractivity contribution < 1.29 is 171 Å². The zero-order valence-corrected chi connectivity index (χ0v) is 31.1. The lowest BCUT2D eigenvalue weighted by atomic mass is 9.85. The quantitative estimate of drug-likeness (QED) is 0.108. The zero-order chi connectivity index (χ0) is 56.1. The average molecular weight is 1120 g/mol. The molecule has 39 heteroatoms. The van der Waals surface area contributed by atoms with Crippen molar-refractivity contribution in [1.82, 2.24) is 0 Å². The van der Waals surface area contributed by atoms with Crippen LogP contribution < -0.4 is 0 Å². The summed E-state index contributed by atoms with van der Waals surface area (Å²) in [5.74, 6) is -124. The molecule has 0 amide bonds. The number of hydrogen-bond acceptors (Lipinski definition) is 0. The minimum absolute atomic E-state index is 0.291. The van der Waals surface area contributed by atoms with Crippen molar-refractivity contribution in [2.24, 2.45) is 0 Å². The molecule has 0 bridgehead atoms. The molecule has 69 heavy (non-hydrogen) atoms. The van der Waals surface area contributed by atoms with Crippen LogP contribution in [0, 0.1) is 6.07 Å². The van der Waals surface area contributed by atoms with Crippen LogP contribution in [0.25, 0.3) is 0 Å². The van der Waals surface area contributed by atoms with Crippen molar-refractivity contribution in [2.45, 2.75) is 146 Å². The number of rotatable bonds is 21. The third kappa shape index (κ3) is 9.42. The predicted octanol–water partition coefficient (Wildman–Crippen LogP) is 15.5. The summed E-state index contributed by atoms with van der Waals surface area (Å²) in [5.41, 5.74) is -6.68. The number of aryl methyl sites for hydroxylation is 2. The van der Waals surface area contributed by atoms with Gasteiger partial charge in [-0.2, -0.15) is 171 Å². The fraction of sp³-hybridized carbons (Fsp3) is 0.800. The van der Waals surface area contributed by atoms with Crippen LogP contribution in [-0.4, -0.2) is 107 Å². The number of halogens is 39. The molecule has 1 aromatic rings. The molecule has 0 nitrogen and oxygen atoms in total. The molecular weight excluding hydrogens is 1100 g/mol. The van der Waals surface area contributed by atoms with Crippen molar-refractivity contribution >= 4 is 0 Å². The maximum Gasteiger partial charge on any atom is 0.460 e. The Bertz CT molecular complexity index is 1840. The van der Waals surface area contributed by atoms with E-state index in [0.717, 1.165) is 6.07 Å². The molecule has 0 saturated heterocycles. The van der Waals surface area contributed by atoms with Gasteiger partial charge in [-0.25, -0.2) is 0 Å². The largest absolute Gasteiger partial charge is 0.460 e. The molecule has 0 aliphatic heterocycles. The van der Waals surface area contributed by atoms with E-state index >= 15 is 0 Å². The lowest BCUT2D eigenvalue weighted by molar-refractivity contribution is -0.440. The van der Waals surface area contributed by atoms with Crippen molar-refractivity contribution in [3.05, 3.63) is 34.9 Å². The molecule has 0 fully saturated rings. The van der Waals surface area contributed by atoms with Gasteiger partial charge in [-0.3, -0.25) is 0 Å². The van der Waals surface area contributed by atoms with Gasteiger partial charge in [0.15, 0.2) is 0 Å². The molecule has 0 N–H and O–H groups in total. The van der Waals surface area contributed by atoms with Gasteiger partial charge in [0.05, 0.1) is 0 Å². The molecule has 0 aliphatic carbocycles. The summed E-state index contributed by atoms with van der Waals surface area (Å²) in [5, 5.41) is 0. The monoisotopic (exact) mass is 1120 g/mol. The number of hydrogen-bond donors (Lipinski definition) is 0. The average Bonchev–Trinajstić information content (AvgIpc) is 3.13.